The molecule has 0 saturated carbocycles. The SMILES string of the molecule is CC(=O)CCC(=O)O[C@H]1[C@@H](O)[C@@H](CO)OC(O)[C@@H]1OCc1ccccc1. The zero-order valence-electron chi connectivity index (χ0n) is 14.5. The van der Waals surface area contributed by atoms with Crippen LogP contribution in [-0.4, -0.2) is 64.4 Å². The van der Waals surface area contributed by atoms with Crippen molar-refractivity contribution in [3.05, 3.63) is 35.9 Å². The van der Waals surface area contributed by atoms with Gasteiger partial charge in [0.1, 0.15) is 24.1 Å². The van der Waals surface area contributed by atoms with E-state index in [1.807, 2.05) is 30.3 Å². The number of ketones is 1. The molecule has 8 heteroatoms. The number of ether oxygens (including phenoxy) is 3. The number of hydrogen-bond donors (Lipinski definition) is 3. The number of rotatable bonds is 8. The van der Waals surface area contributed by atoms with Crippen molar-refractivity contribution in [2.45, 2.75) is 57.1 Å². The number of carbonyl (C=O) groups excluding carboxylic acids is 2. The van der Waals surface area contributed by atoms with Crippen LogP contribution >= 0.6 is 0 Å². The molecule has 26 heavy (non-hydrogen) atoms. The van der Waals surface area contributed by atoms with Crippen LogP contribution in [0.2, 0.25) is 0 Å². The molecule has 1 aromatic rings. The summed E-state index contributed by atoms with van der Waals surface area (Å²) < 4.78 is 16.0. The molecule has 1 saturated heterocycles. The monoisotopic (exact) mass is 368 g/mol. The average molecular weight is 368 g/mol. The molecule has 1 heterocycles. The van der Waals surface area contributed by atoms with Crippen LogP contribution in [0.25, 0.3) is 0 Å². The fraction of sp³-hybridized carbons (Fsp3) is 0.556. The fourth-order valence-corrected chi connectivity index (χ4v) is 2.63. The van der Waals surface area contributed by atoms with Gasteiger partial charge in [0.15, 0.2) is 12.4 Å². The van der Waals surface area contributed by atoms with Gasteiger partial charge in [-0.3, -0.25) is 4.79 Å². The zero-order valence-corrected chi connectivity index (χ0v) is 14.5. The van der Waals surface area contributed by atoms with E-state index < -0.39 is 43.3 Å². The minimum atomic E-state index is -1.50. The van der Waals surface area contributed by atoms with E-state index >= 15 is 0 Å². The summed E-state index contributed by atoms with van der Waals surface area (Å²) in [4.78, 5) is 23.0. The van der Waals surface area contributed by atoms with Gasteiger partial charge in [0.25, 0.3) is 0 Å². The predicted molar refractivity (Wildman–Crippen MR) is 88.8 cm³/mol. The fourth-order valence-electron chi connectivity index (χ4n) is 2.63. The molecule has 1 aliphatic rings. The maximum Gasteiger partial charge on any atom is 0.306 e. The van der Waals surface area contributed by atoms with Crippen molar-refractivity contribution in [2.75, 3.05) is 6.61 Å². The number of aliphatic hydroxyl groups is 3. The summed E-state index contributed by atoms with van der Waals surface area (Å²) in [6.07, 6.45) is -6.51. The predicted octanol–water partition coefficient (Wildman–Crippen LogP) is -0.0768. The second kappa shape index (κ2) is 9.75. The Balaban J connectivity index is 2.07. The molecule has 0 aromatic heterocycles. The lowest BCUT2D eigenvalue weighted by Crippen LogP contribution is -2.60. The number of esters is 1. The molecular weight excluding hydrogens is 344 g/mol. The van der Waals surface area contributed by atoms with Gasteiger partial charge < -0.3 is 34.3 Å². The molecule has 0 amide bonds. The van der Waals surface area contributed by atoms with E-state index in [9.17, 15) is 24.9 Å². The number of aliphatic hydroxyl groups excluding tert-OH is 3. The third-order valence-electron chi connectivity index (χ3n) is 4.05. The summed E-state index contributed by atoms with van der Waals surface area (Å²) in [6.45, 7) is 0.892. The van der Waals surface area contributed by atoms with Crippen LogP contribution in [0.3, 0.4) is 0 Å². The molecule has 3 N–H and O–H groups in total. The molecule has 144 valence electrons. The Morgan fingerprint density at radius 3 is 2.42 bits per heavy atom. The van der Waals surface area contributed by atoms with Crippen molar-refractivity contribution < 1.29 is 39.1 Å². The Bertz CT molecular complexity index is 590. The van der Waals surface area contributed by atoms with Crippen LogP contribution in [-0.2, 0) is 30.4 Å². The van der Waals surface area contributed by atoms with E-state index in [-0.39, 0.29) is 25.2 Å². The first-order valence-corrected chi connectivity index (χ1v) is 8.39. The molecule has 1 fully saturated rings. The van der Waals surface area contributed by atoms with Gasteiger partial charge in [-0.25, -0.2) is 0 Å². The molecular formula is C18H24O8. The van der Waals surface area contributed by atoms with Crippen LogP contribution in [0.15, 0.2) is 30.3 Å². The summed E-state index contributed by atoms with van der Waals surface area (Å²) >= 11 is 0. The van der Waals surface area contributed by atoms with E-state index in [1.54, 1.807) is 0 Å². The molecule has 1 aliphatic heterocycles. The van der Waals surface area contributed by atoms with E-state index in [0.29, 0.717) is 0 Å². The maximum atomic E-state index is 12.0. The molecule has 8 nitrogen and oxygen atoms in total. The van der Waals surface area contributed by atoms with Crippen molar-refractivity contribution in [1.29, 1.82) is 0 Å². The lowest BCUT2D eigenvalue weighted by atomic mass is 9.98. The molecule has 0 aliphatic carbocycles. The summed E-state index contributed by atoms with van der Waals surface area (Å²) in [5, 5.41) is 29.8. The highest BCUT2D eigenvalue weighted by Crippen LogP contribution is 2.26. The zero-order chi connectivity index (χ0) is 19.1. The van der Waals surface area contributed by atoms with Gasteiger partial charge in [-0.15, -0.1) is 0 Å². The Labute approximate surface area is 151 Å². The van der Waals surface area contributed by atoms with Gasteiger partial charge in [0.05, 0.1) is 19.6 Å². The van der Waals surface area contributed by atoms with E-state index in [0.717, 1.165) is 5.56 Å². The Morgan fingerprint density at radius 2 is 1.81 bits per heavy atom. The van der Waals surface area contributed by atoms with Crippen molar-refractivity contribution >= 4 is 11.8 Å². The normalized spacial score (nSPS) is 28.5. The lowest BCUT2D eigenvalue weighted by molar-refractivity contribution is -0.301. The van der Waals surface area contributed by atoms with Crippen LogP contribution < -0.4 is 0 Å². The summed E-state index contributed by atoms with van der Waals surface area (Å²) in [7, 11) is 0. The van der Waals surface area contributed by atoms with Crippen molar-refractivity contribution in [3.63, 3.8) is 0 Å². The second-order valence-electron chi connectivity index (χ2n) is 6.16. The molecule has 1 unspecified atom stereocenters. The quantitative estimate of drug-likeness (QED) is 0.545. The first-order valence-electron chi connectivity index (χ1n) is 8.39. The summed E-state index contributed by atoms with van der Waals surface area (Å²) in [5.74, 6) is -0.872. The Morgan fingerprint density at radius 1 is 1.12 bits per heavy atom. The average Bonchev–Trinajstić information content (AvgIpc) is 2.63. The van der Waals surface area contributed by atoms with Crippen molar-refractivity contribution in [3.8, 4) is 0 Å². The van der Waals surface area contributed by atoms with Crippen LogP contribution in [0.5, 0.6) is 0 Å². The highest BCUT2D eigenvalue weighted by Gasteiger charge is 2.47. The van der Waals surface area contributed by atoms with Gasteiger partial charge in [-0.05, 0) is 12.5 Å². The largest absolute Gasteiger partial charge is 0.456 e. The molecule has 0 bridgehead atoms. The van der Waals surface area contributed by atoms with E-state index in [1.165, 1.54) is 6.92 Å². The van der Waals surface area contributed by atoms with E-state index in [4.69, 9.17) is 14.2 Å². The van der Waals surface area contributed by atoms with Gasteiger partial charge in [0, 0.05) is 6.42 Å². The van der Waals surface area contributed by atoms with Crippen LogP contribution in [0.1, 0.15) is 25.3 Å². The first kappa shape index (κ1) is 20.5. The standard InChI is InChI=1S/C18H24O8/c1-11(20)7-8-14(21)26-16-15(22)13(9-19)25-18(23)17(16)24-10-12-5-3-2-4-6-12/h2-6,13,15-19,22-23H,7-10H2,1H3/t13-,15+,16+,17-,18?/m1/s1. The maximum absolute atomic E-state index is 12.0. The minimum absolute atomic E-state index is 0.0136. The third-order valence-corrected chi connectivity index (χ3v) is 4.05. The Hall–Kier alpha value is -1.84. The minimum Gasteiger partial charge on any atom is -0.456 e. The number of Topliss-reactive ketones (excluding diaryl/α,β-unsaturated/α-hetero) is 1. The lowest BCUT2D eigenvalue weighted by Gasteiger charge is -2.41. The number of benzene rings is 1. The van der Waals surface area contributed by atoms with Gasteiger partial charge >= 0.3 is 5.97 Å². The van der Waals surface area contributed by atoms with Crippen LogP contribution in [0.4, 0.5) is 0 Å². The van der Waals surface area contributed by atoms with Crippen molar-refractivity contribution in [2.24, 2.45) is 0 Å². The molecule has 0 spiro atoms. The summed E-state index contributed by atoms with van der Waals surface area (Å²) in [5.41, 5.74) is 0.820. The molecule has 5 atom stereocenters. The van der Waals surface area contributed by atoms with Crippen LogP contribution in [0, 0.1) is 0 Å². The number of carbonyl (C=O) groups is 2. The van der Waals surface area contributed by atoms with Gasteiger partial charge in [-0.2, -0.15) is 0 Å². The second-order valence-corrected chi connectivity index (χ2v) is 6.16. The first-order chi connectivity index (χ1) is 12.4. The van der Waals surface area contributed by atoms with Gasteiger partial charge in [-0.1, -0.05) is 30.3 Å². The third kappa shape index (κ3) is 5.58. The van der Waals surface area contributed by atoms with E-state index in [2.05, 4.69) is 0 Å². The topological polar surface area (TPSA) is 123 Å². The molecule has 1 aromatic carbocycles. The molecule has 2 rings (SSSR count). The number of hydrogen-bond acceptors (Lipinski definition) is 8. The van der Waals surface area contributed by atoms with Crippen molar-refractivity contribution in [1.82, 2.24) is 0 Å². The molecule has 0 radical (unpaired) electrons. The Kier molecular flexibility index (Phi) is 7.67. The van der Waals surface area contributed by atoms with Gasteiger partial charge in [0.2, 0.25) is 0 Å². The summed E-state index contributed by atoms with van der Waals surface area (Å²) in [6, 6.07) is 9.12. The highest BCUT2D eigenvalue weighted by atomic mass is 16.7. The highest BCUT2D eigenvalue weighted by molar-refractivity contribution is 5.81. The smallest absolute Gasteiger partial charge is 0.306 e.